The summed E-state index contributed by atoms with van der Waals surface area (Å²) in [6.07, 6.45) is 2.97. The second-order valence-corrected chi connectivity index (χ2v) is 3.95. The smallest absolute Gasteiger partial charge is 0.124 e. The van der Waals surface area contributed by atoms with Gasteiger partial charge in [-0.2, -0.15) is 0 Å². The monoisotopic (exact) mass is 218 g/mol. The number of nitrogens with zero attached hydrogens (tertiary/aromatic N) is 2. The number of ether oxygens (including phenoxy) is 1. The van der Waals surface area contributed by atoms with Crippen LogP contribution in [0.4, 0.5) is 0 Å². The molecule has 1 aromatic rings. The van der Waals surface area contributed by atoms with Crippen molar-refractivity contribution in [3.63, 3.8) is 0 Å². The molecule has 0 atom stereocenters. The van der Waals surface area contributed by atoms with Gasteiger partial charge in [-0.25, -0.2) is 0 Å². The predicted molar refractivity (Wildman–Crippen MR) is 66.0 cm³/mol. The summed E-state index contributed by atoms with van der Waals surface area (Å²) in [7, 11) is 0. The summed E-state index contributed by atoms with van der Waals surface area (Å²) in [6, 6.07) is 8.24. The van der Waals surface area contributed by atoms with E-state index in [9.17, 15) is 0 Å². The molecule has 0 bridgehead atoms. The van der Waals surface area contributed by atoms with Gasteiger partial charge in [-0.3, -0.25) is 4.99 Å². The van der Waals surface area contributed by atoms with Gasteiger partial charge in [0.25, 0.3) is 0 Å². The van der Waals surface area contributed by atoms with Gasteiger partial charge in [-0.05, 0) is 12.5 Å². The zero-order valence-corrected chi connectivity index (χ0v) is 9.72. The van der Waals surface area contributed by atoms with Crippen LogP contribution in [0.3, 0.4) is 0 Å². The molecule has 0 fully saturated rings. The molecule has 1 heterocycles. The van der Waals surface area contributed by atoms with Gasteiger partial charge in [0, 0.05) is 18.7 Å². The summed E-state index contributed by atoms with van der Waals surface area (Å²) >= 11 is 0. The van der Waals surface area contributed by atoms with Crippen molar-refractivity contribution in [2.45, 2.75) is 19.9 Å². The summed E-state index contributed by atoms with van der Waals surface area (Å²) in [5.74, 6) is 1.00. The Morgan fingerprint density at radius 1 is 1.38 bits per heavy atom. The van der Waals surface area contributed by atoms with Gasteiger partial charge in [-0.1, -0.05) is 25.1 Å². The molecule has 0 N–H and O–H groups in total. The van der Waals surface area contributed by atoms with E-state index in [0.29, 0.717) is 0 Å². The molecule has 16 heavy (non-hydrogen) atoms. The molecule has 3 nitrogen and oxygen atoms in total. The normalized spacial score (nSPS) is 14.4. The van der Waals surface area contributed by atoms with E-state index in [0.717, 1.165) is 38.4 Å². The van der Waals surface area contributed by atoms with Gasteiger partial charge in [0.05, 0.1) is 19.5 Å². The molecule has 0 saturated carbocycles. The van der Waals surface area contributed by atoms with Crippen LogP contribution >= 0.6 is 0 Å². The highest BCUT2D eigenvalue weighted by Gasteiger charge is 2.09. The summed E-state index contributed by atoms with van der Waals surface area (Å²) < 4.78 is 5.73. The van der Waals surface area contributed by atoms with Crippen LogP contribution in [0.5, 0.6) is 5.75 Å². The molecule has 0 aliphatic carbocycles. The molecule has 0 saturated heterocycles. The Bertz CT molecular complexity index is 363. The minimum atomic E-state index is 0.783. The first kappa shape index (κ1) is 11.0. The predicted octanol–water partition coefficient (Wildman–Crippen LogP) is 2.32. The molecule has 0 spiro atoms. The fraction of sp³-hybridized carbons (Fsp3) is 0.462. The Labute approximate surface area is 96.7 Å². The highest BCUT2D eigenvalue weighted by molar-refractivity contribution is 5.57. The number of para-hydroxylation sites is 1. The van der Waals surface area contributed by atoms with Crippen molar-refractivity contribution in [3.05, 3.63) is 29.8 Å². The van der Waals surface area contributed by atoms with Crippen molar-refractivity contribution in [2.75, 3.05) is 19.7 Å². The van der Waals surface area contributed by atoms with E-state index in [-0.39, 0.29) is 0 Å². The van der Waals surface area contributed by atoms with Crippen molar-refractivity contribution in [1.82, 2.24) is 4.90 Å². The average molecular weight is 218 g/mol. The fourth-order valence-electron chi connectivity index (χ4n) is 1.74. The first-order valence-electron chi connectivity index (χ1n) is 5.85. The van der Waals surface area contributed by atoms with Crippen LogP contribution in [-0.4, -0.2) is 30.9 Å². The molecule has 0 aromatic heterocycles. The van der Waals surface area contributed by atoms with E-state index < -0.39 is 0 Å². The van der Waals surface area contributed by atoms with Crippen molar-refractivity contribution < 1.29 is 4.74 Å². The lowest BCUT2D eigenvalue weighted by molar-refractivity contribution is 0.309. The zero-order valence-electron chi connectivity index (χ0n) is 9.72. The number of hydrogen-bond donors (Lipinski definition) is 0. The Kier molecular flexibility index (Phi) is 3.81. The zero-order chi connectivity index (χ0) is 11.2. The molecular formula is C13H18N2O. The van der Waals surface area contributed by atoms with Gasteiger partial charge >= 0.3 is 0 Å². The van der Waals surface area contributed by atoms with Crippen LogP contribution in [0.1, 0.15) is 18.9 Å². The standard InChI is InChI=1S/C13H18N2O/c1-2-9-16-13-6-4-3-5-12(13)10-15-8-7-14-11-15/h3-6,11H,2,7-10H2,1H3. The molecule has 86 valence electrons. The second kappa shape index (κ2) is 5.54. The third-order valence-corrected chi connectivity index (χ3v) is 2.57. The molecule has 2 rings (SSSR count). The highest BCUT2D eigenvalue weighted by Crippen LogP contribution is 2.20. The van der Waals surface area contributed by atoms with Crippen LogP contribution < -0.4 is 4.74 Å². The minimum Gasteiger partial charge on any atom is -0.493 e. The van der Waals surface area contributed by atoms with E-state index in [1.165, 1.54) is 5.56 Å². The molecule has 0 radical (unpaired) electrons. The van der Waals surface area contributed by atoms with Crippen LogP contribution in [0.2, 0.25) is 0 Å². The molecular weight excluding hydrogens is 200 g/mol. The molecule has 1 aliphatic heterocycles. The van der Waals surface area contributed by atoms with Crippen molar-refractivity contribution in [3.8, 4) is 5.75 Å². The Balaban J connectivity index is 2.03. The van der Waals surface area contributed by atoms with E-state index in [4.69, 9.17) is 4.74 Å². The van der Waals surface area contributed by atoms with Gasteiger partial charge in [0.15, 0.2) is 0 Å². The lowest BCUT2D eigenvalue weighted by Gasteiger charge is -2.16. The fourth-order valence-corrected chi connectivity index (χ4v) is 1.74. The first-order chi connectivity index (χ1) is 7.90. The first-order valence-corrected chi connectivity index (χ1v) is 5.85. The maximum atomic E-state index is 5.73. The molecule has 1 aromatic carbocycles. The van der Waals surface area contributed by atoms with E-state index >= 15 is 0 Å². The maximum Gasteiger partial charge on any atom is 0.124 e. The van der Waals surface area contributed by atoms with Crippen molar-refractivity contribution >= 4 is 6.34 Å². The number of rotatable bonds is 5. The highest BCUT2D eigenvalue weighted by atomic mass is 16.5. The molecule has 1 aliphatic rings. The van der Waals surface area contributed by atoms with Crippen LogP contribution in [0.25, 0.3) is 0 Å². The van der Waals surface area contributed by atoms with E-state index in [1.54, 1.807) is 0 Å². The third kappa shape index (κ3) is 2.75. The molecule has 0 amide bonds. The Hall–Kier alpha value is -1.51. The minimum absolute atomic E-state index is 0.783. The van der Waals surface area contributed by atoms with Gasteiger partial charge in [0.1, 0.15) is 5.75 Å². The topological polar surface area (TPSA) is 24.8 Å². The van der Waals surface area contributed by atoms with Gasteiger partial charge < -0.3 is 9.64 Å². The number of benzene rings is 1. The molecule has 3 heteroatoms. The Morgan fingerprint density at radius 2 is 2.25 bits per heavy atom. The SMILES string of the molecule is CCCOc1ccccc1CN1C=NCC1. The van der Waals surface area contributed by atoms with Crippen LogP contribution in [0.15, 0.2) is 29.3 Å². The van der Waals surface area contributed by atoms with Crippen LogP contribution in [-0.2, 0) is 6.54 Å². The average Bonchev–Trinajstić information content (AvgIpc) is 2.81. The second-order valence-electron chi connectivity index (χ2n) is 3.95. The van der Waals surface area contributed by atoms with Crippen molar-refractivity contribution in [1.29, 1.82) is 0 Å². The quantitative estimate of drug-likeness (QED) is 0.757. The summed E-state index contributed by atoms with van der Waals surface area (Å²) in [6.45, 7) is 5.73. The van der Waals surface area contributed by atoms with E-state index in [2.05, 4.69) is 28.9 Å². The number of aliphatic imine (C=N–C) groups is 1. The molecule has 0 unspecified atom stereocenters. The van der Waals surface area contributed by atoms with Gasteiger partial charge in [-0.15, -0.1) is 0 Å². The lowest BCUT2D eigenvalue weighted by Crippen LogP contribution is -2.19. The van der Waals surface area contributed by atoms with E-state index in [1.807, 2.05) is 18.5 Å². The summed E-state index contributed by atoms with van der Waals surface area (Å²) in [4.78, 5) is 6.43. The Morgan fingerprint density at radius 3 is 3.00 bits per heavy atom. The van der Waals surface area contributed by atoms with Crippen LogP contribution in [0, 0.1) is 0 Å². The maximum absolute atomic E-state index is 5.73. The van der Waals surface area contributed by atoms with Crippen molar-refractivity contribution in [2.24, 2.45) is 4.99 Å². The summed E-state index contributed by atoms with van der Waals surface area (Å²) in [5, 5.41) is 0. The third-order valence-electron chi connectivity index (χ3n) is 2.57. The largest absolute Gasteiger partial charge is 0.493 e. The lowest BCUT2D eigenvalue weighted by atomic mass is 10.2. The van der Waals surface area contributed by atoms with Gasteiger partial charge in [0.2, 0.25) is 0 Å². The summed E-state index contributed by atoms with van der Waals surface area (Å²) in [5.41, 5.74) is 1.24. The number of hydrogen-bond acceptors (Lipinski definition) is 3.